The zero-order valence-electron chi connectivity index (χ0n) is 12.5. The first-order valence-electron chi connectivity index (χ1n) is 7.84. The molecule has 1 saturated carbocycles. The summed E-state index contributed by atoms with van der Waals surface area (Å²) in [5, 5.41) is 28.6. The fraction of sp³-hybridized carbons (Fsp3) is 0.316. The largest absolute Gasteiger partial charge is 0.508 e. The minimum absolute atomic E-state index is 0.0153. The molecule has 1 aliphatic heterocycles. The van der Waals surface area contributed by atoms with Gasteiger partial charge in [0.2, 0.25) is 0 Å². The highest BCUT2D eigenvalue weighted by Crippen LogP contribution is 2.55. The molecule has 1 aliphatic carbocycles. The van der Waals surface area contributed by atoms with E-state index in [2.05, 4.69) is 6.07 Å². The van der Waals surface area contributed by atoms with Crippen molar-refractivity contribution < 1.29 is 14.9 Å². The van der Waals surface area contributed by atoms with E-state index in [4.69, 9.17) is 4.74 Å². The van der Waals surface area contributed by atoms with Gasteiger partial charge in [0, 0.05) is 17.4 Å². The number of hydrogen-bond donors (Lipinski definition) is 2. The third-order valence-corrected chi connectivity index (χ3v) is 5.05. The van der Waals surface area contributed by atoms with E-state index in [1.165, 1.54) is 0 Å². The maximum atomic E-state index is 9.80. The first kappa shape index (κ1) is 14.0. The van der Waals surface area contributed by atoms with Crippen molar-refractivity contribution in [3.63, 3.8) is 0 Å². The normalized spacial score (nSPS) is 28.3. The Morgan fingerprint density at radius 2 is 1.74 bits per heavy atom. The number of fused-ring (bicyclic) bond motifs is 3. The molecule has 0 aromatic heterocycles. The molecule has 0 amide bonds. The second-order valence-corrected chi connectivity index (χ2v) is 6.42. The van der Waals surface area contributed by atoms with Crippen LogP contribution >= 0.6 is 0 Å². The minimum atomic E-state index is -0.129. The maximum Gasteiger partial charge on any atom is 0.127 e. The summed E-state index contributed by atoms with van der Waals surface area (Å²) >= 11 is 0. The third kappa shape index (κ3) is 2.29. The van der Waals surface area contributed by atoms with Gasteiger partial charge in [-0.3, -0.25) is 0 Å². The van der Waals surface area contributed by atoms with E-state index < -0.39 is 0 Å². The first-order chi connectivity index (χ1) is 11.2. The topological polar surface area (TPSA) is 73.5 Å². The minimum Gasteiger partial charge on any atom is -0.508 e. The molecular weight excluding hydrogens is 290 g/mol. The summed E-state index contributed by atoms with van der Waals surface area (Å²) in [7, 11) is 0. The molecular formula is C19H17NO3. The molecule has 2 aliphatic rings. The molecule has 2 aromatic rings. The van der Waals surface area contributed by atoms with Crippen LogP contribution in [0.2, 0.25) is 0 Å². The Morgan fingerprint density at radius 1 is 1.00 bits per heavy atom. The van der Waals surface area contributed by atoms with E-state index in [0.29, 0.717) is 0 Å². The van der Waals surface area contributed by atoms with Crippen LogP contribution in [0.5, 0.6) is 17.2 Å². The number of nitrogens with zero attached hydrogens (tertiary/aromatic N) is 1. The predicted molar refractivity (Wildman–Crippen MR) is 84.2 cm³/mol. The molecule has 4 atom stereocenters. The van der Waals surface area contributed by atoms with Crippen molar-refractivity contribution in [2.24, 2.45) is 11.8 Å². The standard InChI is InChI=1S/C19H17NO3/c20-10-11-7-15-16-9-14(22)5-6-18(16)23-19(17(15)8-11)12-1-3-13(21)4-2-12/h1-6,9,11,15,17,19,21-22H,7-8H2/t11-,15+,17+,19+/m1/s1. The van der Waals surface area contributed by atoms with Gasteiger partial charge in [0.15, 0.2) is 0 Å². The van der Waals surface area contributed by atoms with E-state index in [0.717, 1.165) is 29.7 Å². The Hall–Kier alpha value is -2.67. The summed E-state index contributed by atoms with van der Waals surface area (Å²) in [6.07, 6.45) is 1.47. The van der Waals surface area contributed by atoms with Crippen LogP contribution in [0.1, 0.15) is 36.0 Å². The SMILES string of the molecule is N#C[C@H]1C[C@H]2[C@@H](C1)c1cc(O)ccc1O[C@H]2c1ccc(O)cc1. The predicted octanol–water partition coefficient (Wildman–Crippen LogP) is 3.86. The Morgan fingerprint density at radius 3 is 2.48 bits per heavy atom. The zero-order valence-corrected chi connectivity index (χ0v) is 12.5. The molecule has 2 N–H and O–H groups in total. The Balaban J connectivity index is 1.78. The van der Waals surface area contributed by atoms with Crippen LogP contribution in [0.15, 0.2) is 42.5 Å². The van der Waals surface area contributed by atoms with Crippen LogP contribution in [0, 0.1) is 23.2 Å². The first-order valence-corrected chi connectivity index (χ1v) is 7.84. The summed E-state index contributed by atoms with van der Waals surface area (Å²) in [6.45, 7) is 0. The number of benzene rings is 2. The number of rotatable bonds is 1. The second kappa shape index (κ2) is 5.20. The molecule has 0 radical (unpaired) electrons. The molecule has 0 unspecified atom stereocenters. The zero-order chi connectivity index (χ0) is 16.0. The molecule has 2 aromatic carbocycles. The van der Waals surface area contributed by atoms with Crippen LogP contribution in [0.25, 0.3) is 0 Å². The monoisotopic (exact) mass is 307 g/mol. The number of hydrogen-bond acceptors (Lipinski definition) is 4. The van der Waals surface area contributed by atoms with Crippen molar-refractivity contribution in [1.82, 2.24) is 0 Å². The summed E-state index contributed by atoms with van der Waals surface area (Å²) in [5.41, 5.74) is 2.01. The molecule has 0 spiro atoms. The smallest absolute Gasteiger partial charge is 0.127 e. The maximum absolute atomic E-state index is 9.80. The lowest BCUT2D eigenvalue weighted by Gasteiger charge is -2.36. The van der Waals surface area contributed by atoms with Gasteiger partial charge in [0.25, 0.3) is 0 Å². The third-order valence-electron chi connectivity index (χ3n) is 5.05. The van der Waals surface area contributed by atoms with Gasteiger partial charge in [-0.25, -0.2) is 0 Å². The molecule has 0 bridgehead atoms. The van der Waals surface area contributed by atoms with E-state index in [1.54, 1.807) is 30.3 Å². The van der Waals surface area contributed by atoms with Gasteiger partial charge >= 0.3 is 0 Å². The van der Waals surface area contributed by atoms with Crippen LogP contribution in [-0.4, -0.2) is 10.2 Å². The van der Waals surface area contributed by atoms with Crippen molar-refractivity contribution >= 4 is 0 Å². The van der Waals surface area contributed by atoms with Crippen molar-refractivity contribution in [1.29, 1.82) is 5.26 Å². The van der Waals surface area contributed by atoms with Crippen LogP contribution in [0.4, 0.5) is 0 Å². The lowest BCUT2D eigenvalue weighted by Crippen LogP contribution is -2.26. The molecule has 4 nitrogen and oxygen atoms in total. The number of phenols is 2. The van der Waals surface area contributed by atoms with Crippen LogP contribution < -0.4 is 4.74 Å². The lowest BCUT2D eigenvalue weighted by molar-refractivity contribution is 0.103. The Bertz CT molecular complexity index is 778. The van der Waals surface area contributed by atoms with Gasteiger partial charge < -0.3 is 14.9 Å². The van der Waals surface area contributed by atoms with E-state index in [9.17, 15) is 15.5 Å². The van der Waals surface area contributed by atoms with E-state index in [-0.39, 0.29) is 35.4 Å². The Labute approximate surface area is 134 Å². The van der Waals surface area contributed by atoms with Crippen LogP contribution in [-0.2, 0) is 0 Å². The van der Waals surface area contributed by atoms with Gasteiger partial charge in [0.1, 0.15) is 23.4 Å². The number of nitriles is 1. The molecule has 4 rings (SSSR count). The average molecular weight is 307 g/mol. The Kier molecular flexibility index (Phi) is 3.16. The molecule has 0 saturated heterocycles. The summed E-state index contributed by atoms with van der Waals surface area (Å²) in [5.74, 6) is 1.68. The molecule has 4 heteroatoms. The highest BCUT2D eigenvalue weighted by molar-refractivity contribution is 5.46. The van der Waals surface area contributed by atoms with E-state index >= 15 is 0 Å². The highest BCUT2D eigenvalue weighted by atomic mass is 16.5. The quantitative estimate of drug-likeness (QED) is 0.839. The second-order valence-electron chi connectivity index (χ2n) is 6.42. The van der Waals surface area contributed by atoms with E-state index in [1.807, 2.05) is 12.1 Å². The van der Waals surface area contributed by atoms with Gasteiger partial charge in [-0.05, 0) is 54.7 Å². The van der Waals surface area contributed by atoms with Gasteiger partial charge in [-0.2, -0.15) is 5.26 Å². The van der Waals surface area contributed by atoms with Gasteiger partial charge in [-0.15, -0.1) is 0 Å². The van der Waals surface area contributed by atoms with Crippen molar-refractivity contribution in [3.05, 3.63) is 53.6 Å². The average Bonchev–Trinajstić information content (AvgIpc) is 3.00. The fourth-order valence-corrected chi connectivity index (χ4v) is 4.00. The summed E-state index contributed by atoms with van der Waals surface area (Å²) in [4.78, 5) is 0. The molecule has 1 fully saturated rings. The molecule has 23 heavy (non-hydrogen) atoms. The summed E-state index contributed by atoms with van der Waals surface area (Å²) < 4.78 is 6.22. The fourth-order valence-electron chi connectivity index (χ4n) is 4.00. The van der Waals surface area contributed by atoms with Crippen molar-refractivity contribution in [2.45, 2.75) is 24.9 Å². The summed E-state index contributed by atoms with van der Waals surface area (Å²) in [6, 6.07) is 14.7. The number of aromatic hydroxyl groups is 2. The van der Waals surface area contributed by atoms with Crippen molar-refractivity contribution in [3.8, 4) is 23.3 Å². The molecule has 1 heterocycles. The highest BCUT2D eigenvalue weighted by Gasteiger charge is 2.45. The van der Waals surface area contributed by atoms with Gasteiger partial charge in [-0.1, -0.05) is 12.1 Å². The number of ether oxygens (including phenoxy) is 1. The van der Waals surface area contributed by atoms with Crippen molar-refractivity contribution in [2.75, 3.05) is 0 Å². The lowest BCUT2D eigenvalue weighted by atomic mass is 9.80. The van der Waals surface area contributed by atoms with Crippen LogP contribution in [0.3, 0.4) is 0 Å². The number of phenolic OH excluding ortho intramolecular Hbond substituents is 2. The molecule has 116 valence electrons. The van der Waals surface area contributed by atoms with Gasteiger partial charge in [0.05, 0.1) is 6.07 Å².